The van der Waals surface area contributed by atoms with Crippen LogP contribution in [0.25, 0.3) is 6.08 Å². The fourth-order valence-corrected chi connectivity index (χ4v) is 2.45. The van der Waals surface area contributed by atoms with Crippen LogP contribution in [0.3, 0.4) is 0 Å². The van der Waals surface area contributed by atoms with Gasteiger partial charge in [0.1, 0.15) is 0 Å². The molecule has 0 unspecified atom stereocenters. The summed E-state index contributed by atoms with van der Waals surface area (Å²) in [6.07, 6.45) is 2.91. The molecule has 0 radical (unpaired) electrons. The molecule has 0 fully saturated rings. The van der Waals surface area contributed by atoms with Gasteiger partial charge in [0.05, 0.1) is 4.92 Å². The summed E-state index contributed by atoms with van der Waals surface area (Å²) in [5.41, 5.74) is 1.81. The Morgan fingerprint density at radius 3 is 2.15 bits per heavy atom. The maximum absolute atomic E-state index is 12.3. The summed E-state index contributed by atoms with van der Waals surface area (Å²) in [5.74, 6) is -0.382. The second-order valence-corrected chi connectivity index (χ2v) is 5.73. The lowest BCUT2D eigenvalue weighted by atomic mass is 10.1. The number of nitrogens with one attached hydrogen (secondary N) is 1. The van der Waals surface area contributed by atoms with Gasteiger partial charge in [-0.3, -0.25) is 19.7 Å². The van der Waals surface area contributed by atoms with Gasteiger partial charge < -0.3 is 10.2 Å². The molecule has 27 heavy (non-hydrogen) atoms. The zero-order valence-corrected chi connectivity index (χ0v) is 15.2. The smallest absolute Gasteiger partial charge is 0.269 e. The van der Waals surface area contributed by atoms with Crippen LogP contribution in [0.5, 0.6) is 0 Å². The maximum Gasteiger partial charge on any atom is 0.269 e. The number of nitro benzene ring substituents is 1. The number of hydrogen-bond acceptors (Lipinski definition) is 4. The molecule has 2 aromatic carbocycles. The van der Waals surface area contributed by atoms with Crippen molar-refractivity contribution >= 4 is 29.3 Å². The second kappa shape index (κ2) is 9.28. The first kappa shape index (κ1) is 19.8. The van der Waals surface area contributed by atoms with Gasteiger partial charge in [0.15, 0.2) is 0 Å². The molecule has 1 N–H and O–H groups in total. The van der Waals surface area contributed by atoms with Crippen LogP contribution in [0.15, 0.2) is 54.6 Å². The summed E-state index contributed by atoms with van der Waals surface area (Å²) < 4.78 is 0. The number of nitro groups is 1. The van der Waals surface area contributed by atoms with Gasteiger partial charge >= 0.3 is 0 Å². The predicted octanol–water partition coefficient (Wildman–Crippen LogP) is 3.73. The van der Waals surface area contributed by atoms with Crippen molar-refractivity contribution in [1.82, 2.24) is 4.90 Å². The van der Waals surface area contributed by atoms with E-state index in [1.165, 1.54) is 18.2 Å². The molecule has 0 heterocycles. The van der Waals surface area contributed by atoms with Crippen molar-refractivity contribution in [2.75, 3.05) is 18.4 Å². The lowest BCUT2D eigenvalue weighted by molar-refractivity contribution is -0.384. The second-order valence-electron chi connectivity index (χ2n) is 5.73. The van der Waals surface area contributed by atoms with Gasteiger partial charge in [-0.25, -0.2) is 0 Å². The summed E-state index contributed by atoms with van der Waals surface area (Å²) >= 11 is 0. The average Bonchev–Trinajstić information content (AvgIpc) is 2.68. The Hall–Kier alpha value is -3.48. The number of hydrogen-bond donors (Lipinski definition) is 1. The van der Waals surface area contributed by atoms with Crippen LogP contribution >= 0.6 is 0 Å². The molecule has 0 aliphatic rings. The fourth-order valence-electron chi connectivity index (χ4n) is 2.45. The number of benzene rings is 2. The van der Waals surface area contributed by atoms with E-state index in [0.717, 1.165) is 0 Å². The van der Waals surface area contributed by atoms with Crippen LogP contribution in [0, 0.1) is 10.1 Å². The van der Waals surface area contributed by atoms with Crippen molar-refractivity contribution in [1.29, 1.82) is 0 Å². The molecule has 0 aliphatic heterocycles. The number of rotatable bonds is 7. The van der Waals surface area contributed by atoms with Gasteiger partial charge in [-0.1, -0.05) is 0 Å². The Kier molecular flexibility index (Phi) is 6.82. The lowest BCUT2D eigenvalue weighted by Gasteiger charge is -2.18. The van der Waals surface area contributed by atoms with E-state index in [0.29, 0.717) is 29.9 Å². The Labute approximate surface area is 157 Å². The Morgan fingerprint density at radius 2 is 1.63 bits per heavy atom. The van der Waals surface area contributed by atoms with E-state index in [-0.39, 0.29) is 17.5 Å². The molecule has 2 amide bonds. The monoisotopic (exact) mass is 367 g/mol. The van der Waals surface area contributed by atoms with Crippen molar-refractivity contribution in [3.8, 4) is 0 Å². The van der Waals surface area contributed by atoms with E-state index in [4.69, 9.17) is 0 Å². The maximum atomic E-state index is 12.3. The van der Waals surface area contributed by atoms with Gasteiger partial charge in [0, 0.05) is 42.5 Å². The Balaban J connectivity index is 1.97. The number of carbonyl (C=O) groups excluding carboxylic acids is 2. The number of carbonyl (C=O) groups is 2. The molecule has 7 nitrogen and oxygen atoms in total. The van der Waals surface area contributed by atoms with Gasteiger partial charge in [-0.05, 0) is 61.9 Å². The summed E-state index contributed by atoms with van der Waals surface area (Å²) in [6.45, 7) is 5.13. The first-order chi connectivity index (χ1) is 12.9. The van der Waals surface area contributed by atoms with Gasteiger partial charge in [-0.15, -0.1) is 0 Å². The van der Waals surface area contributed by atoms with Gasteiger partial charge in [0.25, 0.3) is 11.6 Å². The lowest BCUT2D eigenvalue weighted by Crippen LogP contribution is -2.30. The summed E-state index contributed by atoms with van der Waals surface area (Å²) in [5, 5.41) is 13.3. The highest BCUT2D eigenvalue weighted by atomic mass is 16.6. The van der Waals surface area contributed by atoms with Crippen LogP contribution in [-0.2, 0) is 4.79 Å². The van der Waals surface area contributed by atoms with Crippen molar-refractivity contribution in [3.05, 3.63) is 75.8 Å². The third kappa shape index (κ3) is 5.50. The molecule has 0 saturated heterocycles. The van der Waals surface area contributed by atoms with Crippen LogP contribution < -0.4 is 5.32 Å². The Morgan fingerprint density at radius 1 is 1.04 bits per heavy atom. The van der Waals surface area contributed by atoms with E-state index < -0.39 is 4.92 Å². The molecule has 7 heteroatoms. The van der Waals surface area contributed by atoms with Crippen LogP contribution in [0.1, 0.15) is 29.8 Å². The normalized spacial score (nSPS) is 10.6. The highest BCUT2D eigenvalue weighted by molar-refractivity contribution is 6.02. The minimum absolute atomic E-state index is 0.00375. The van der Waals surface area contributed by atoms with Crippen molar-refractivity contribution in [2.24, 2.45) is 0 Å². The molecular formula is C20H21N3O4. The third-order valence-corrected chi connectivity index (χ3v) is 3.98. The van der Waals surface area contributed by atoms with Crippen LogP contribution in [0.2, 0.25) is 0 Å². The Bertz CT molecular complexity index is 839. The molecular weight excluding hydrogens is 346 g/mol. The fraction of sp³-hybridized carbons (Fsp3) is 0.200. The van der Waals surface area contributed by atoms with E-state index in [1.807, 2.05) is 13.8 Å². The first-order valence-electron chi connectivity index (χ1n) is 8.57. The van der Waals surface area contributed by atoms with Gasteiger partial charge in [-0.2, -0.15) is 0 Å². The molecule has 0 saturated carbocycles. The van der Waals surface area contributed by atoms with E-state index >= 15 is 0 Å². The van der Waals surface area contributed by atoms with E-state index in [2.05, 4.69) is 5.32 Å². The summed E-state index contributed by atoms with van der Waals surface area (Å²) in [4.78, 5) is 36.1. The minimum atomic E-state index is -0.477. The van der Waals surface area contributed by atoms with E-state index in [1.54, 1.807) is 47.4 Å². The largest absolute Gasteiger partial charge is 0.339 e. The quantitative estimate of drug-likeness (QED) is 0.458. The van der Waals surface area contributed by atoms with Crippen molar-refractivity contribution in [2.45, 2.75) is 13.8 Å². The molecule has 2 rings (SSSR count). The van der Waals surface area contributed by atoms with Crippen LogP contribution in [-0.4, -0.2) is 34.7 Å². The molecule has 140 valence electrons. The summed E-state index contributed by atoms with van der Waals surface area (Å²) in [7, 11) is 0. The summed E-state index contributed by atoms with van der Waals surface area (Å²) in [6, 6.07) is 12.6. The highest BCUT2D eigenvalue weighted by Gasteiger charge is 2.12. The molecule has 0 aliphatic carbocycles. The van der Waals surface area contributed by atoms with Crippen molar-refractivity contribution < 1.29 is 14.5 Å². The van der Waals surface area contributed by atoms with Gasteiger partial charge in [0.2, 0.25) is 5.91 Å². The minimum Gasteiger partial charge on any atom is -0.339 e. The molecule has 0 atom stereocenters. The third-order valence-electron chi connectivity index (χ3n) is 3.98. The molecule has 2 aromatic rings. The zero-order valence-electron chi connectivity index (χ0n) is 15.2. The van der Waals surface area contributed by atoms with E-state index in [9.17, 15) is 19.7 Å². The number of amides is 2. The average molecular weight is 367 g/mol. The number of anilines is 1. The number of nitrogens with zero attached hydrogens (tertiary/aromatic N) is 2. The topological polar surface area (TPSA) is 92.6 Å². The molecule has 0 spiro atoms. The standard InChI is InChI=1S/C20H21N3O4/c1-3-22(4-2)20(25)16-8-10-17(11-9-16)21-19(24)14-7-15-5-12-18(13-6-15)23(26)27/h5-14H,3-4H2,1-2H3,(H,21,24)/b14-7+. The zero-order chi connectivity index (χ0) is 19.8. The number of non-ortho nitro benzene ring substituents is 1. The van der Waals surface area contributed by atoms with Crippen molar-refractivity contribution in [3.63, 3.8) is 0 Å². The molecule has 0 aromatic heterocycles. The molecule has 0 bridgehead atoms. The predicted molar refractivity (Wildman–Crippen MR) is 104 cm³/mol. The first-order valence-corrected chi connectivity index (χ1v) is 8.57. The van der Waals surface area contributed by atoms with Crippen LogP contribution in [0.4, 0.5) is 11.4 Å². The SMILES string of the molecule is CCN(CC)C(=O)c1ccc(NC(=O)/C=C/c2ccc([N+](=O)[O-])cc2)cc1. The highest BCUT2D eigenvalue weighted by Crippen LogP contribution is 2.14.